The number of nitrogens with one attached hydrogen (secondary N) is 1. The second-order valence-electron chi connectivity index (χ2n) is 6.47. The topological polar surface area (TPSA) is 41.1 Å². The maximum Gasteiger partial charge on any atom is 0.229 e. The summed E-state index contributed by atoms with van der Waals surface area (Å²) in [6, 6.07) is 7.96. The number of rotatable bonds is 3. The van der Waals surface area contributed by atoms with E-state index in [9.17, 15) is 0 Å². The van der Waals surface area contributed by atoms with Gasteiger partial charge in [-0.1, -0.05) is 24.6 Å². The molecule has 4 nitrogen and oxygen atoms in total. The summed E-state index contributed by atoms with van der Waals surface area (Å²) in [5, 5.41) is 4.01. The largest absolute Gasteiger partial charge is 0.356 e. The maximum absolute atomic E-state index is 6.19. The maximum atomic E-state index is 6.19. The molecule has 0 saturated carbocycles. The van der Waals surface area contributed by atoms with Gasteiger partial charge in [0.1, 0.15) is 5.82 Å². The Bertz CT molecular complexity index is 701. The third-order valence-corrected chi connectivity index (χ3v) is 4.66. The van der Waals surface area contributed by atoms with E-state index < -0.39 is 0 Å². The van der Waals surface area contributed by atoms with E-state index >= 15 is 0 Å². The highest BCUT2D eigenvalue weighted by atomic mass is 35.5. The van der Waals surface area contributed by atoms with Crippen molar-refractivity contribution >= 4 is 29.1 Å². The van der Waals surface area contributed by atoms with Crippen molar-refractivity contribution in [3.05, 3.63) is 40.5 Å². The zero-order chi connectivity index (χ0) is 16.4. The molecule has 23 heavy (non-hydrogen) atoms. The summed E-state index contributed by atoms with van der Waals surface area (Å²) in [7, 11) is 0. The molecular weight excluding hydrogens is 308 g/mol. The lowest BCUT2D eigenvalue weighted by molar-refractivity contribution is 0.444. The molecule has 1 aromatic heterocycles. The van der Waals surface area contributed by atoms with Crippen LogP contribution >= 0.6 is 11.6 Å². The Morgan fingerprint density at radius 2 is 2.04 bits per heavy atom. The summed E-state index contributed by atoms with van der Waals surface area (Å²) < 4.78 is 0. The van der Waals surface area contributed by atoms with Crippen LogP contribution in [0.5, 0.6) is 0 Å². The molecule has 0 bridgehead atoms. The van der Waals surface area contributed by atoms with Crippen molar-refractivity contribution in [2.45, 2.75) is 33.6 Å². The first kappa shape index (κ1) is 16.1. The molecule has 2 aromatic rings. The highest BCUT2D eigenvalue weighted by Gasteiger charge is 2.18. The van der Waals surface area contributed by atoms with Crippen LogP contribution in [0.15, 0.2) is 24.3 Å². The number of aromatic nitrogens is 2. The van der Waals surface area contributed by atoms with E-state index in [2.05, 4.69) is 28.2 Å². The molecule has 3 rings (SSSR count). The lowest BCUT2D eigenvalue weighted by Gasteiger charge is -2.32. The van der Waals surface area contributed by atoms with Gasteiger partial charge in [-0.2, -0.15) is 4.98 Å². The quantitative estimate of drug-likeness (QED) is 0.883. The molecule has 0 spiro atoms. The van der Waals surface area contributed by atoms with Crippen molar-refractivity contribution in [3.8, 4) is 0 Å². The molecule has 0 amide bonds. The van der Waals surface area contributed by atoms with Crippen LogP contribution in [-0.2, 0) is 0 Å². The van der Waals surface area contributed by atoms with Gasteiger partial charge in [-0.15, -0.1) is 0 Å². The van der Waals surface area contributed by atoms with Gasteiger partial charge in [-0.05, 0) is 50.3 Å². The second kappa shape index (κ2) is 6.75. The van der Waals surface area contributed by atoms with Crippen molar-refractivity contribution < 1.29 is 0 Å². The van der Waals surface area contributed by atoms with E-state index in [1.165, 1.54) is 12.8 Å². The molecule has 1 N–H and O–H groups in total. The summed E-state index contributed by atoms with van der Waals surface area (Å²) in [5.41, 5.74) is 2.93. The van der Waals surface area contributed by atoms with Crippen molar-refractivity contribution in [1.82, 2.24) is 9.97 Å². The number of aryl methyl sites for hydroxylation is 2. The molecule has 1 aliphatic rings. The minimum Gasteiger partial charge on any atom is -0.356 e. The van der Waals surface area contributed by atoms with Gasteiger partial charge in [-0.3, -0.25) is 0 Å². The molecule has 0 aliphatic carbocycles. The predicted octanol–water partition coefficient (Wildman–Crippen LogP) is 4.73. The molecule has 122 valence electrons. The standard InChI is InChI=1S/C18H23ClN4/c1-12-5-4-8-23(11-12)17-9-14(3)20-18(22-17)21-15-7-6-13(2)16(19)10-15/h6-7,9-10,12H,4-5,8,11H2,1-3H3,(H,20,21,22). The minimum absolute atomic E-state index is 0.623. The van der Waals surface area contributed by atoms with E-state index in [0.29, 0.717) is 11.9 Å². The summed E-state index contributed by atoms with van der Waals surface area (Å²) in [6.07, 6.45) is 2.52. The SMILES string of the molecule is Cc1cc(N2CCCC(C)C2)nc(Nc2ccc(C)c(Cl)c2)n1. The highest BCUT2D eigenvalue weighted by Crippen LogP contribution is 2.25. The van der Waals surface area contributed by atoms with Gasteiger partial charge in [0.15, 0.2) is 0 Å². The Hall–Kier alpha value is -1.81. The number of halogens is 1. The lowest BCUT2D eigenvalue weighted by Crippen LogP contribution is -2.35. The van der Waals surface area contributed by atoms with Gasteiger partial charge in [0.2, 0.25) is 5.95 Å². The van der Waals surface area contributed by atoms with Gasteiger partial charge >= 0.3 is 0 Å². The molecule has 1 aliphatic heterocycles. The third kappa shape index (κ3) is 3.94. The molecule has 2 heterocycles. The van der Waals surface area contributed by atoms with E-state index in [4.69, 9.17) is 16.6 Å². The fraction of sp³-hybridized carbons (Fsp3) is 0.444. The number of benzene rings is 1. The van der Waals surface area contributed by atoms with Crippen LogP contribution in [0.1, 0.15) is 31.0 Å². The smallest absolute Gasteiger partial charge is 0.229 e. The van der Waals surface area contributed by atoms with E-state index in [0.717, 1.165) is 40.9 Å². The average molecular weight is 331 g/mol. The fourth-order valence-corrected chi connectivity index (χ4v) is 3.15. The van der Waals surface area contributed by atoms with Gasteiger partial charge in [-0.25, -0.2) is 4.98 Å². The third-order valence-electron chi connectivity index (χ3n) is 4.25. The Morgan fingerprint density at radius 3 is 2.78 bits per heavy atom. The monoisotopic (exact) mass is 330 g/mol. The van der Waals surface area contributed by atoms with E-state index in [1.807, 2.05) is 32.0 Å². The summed E-state index contributed by atoms with van der Waals surface area (Å²) in [6.45, 7) is 8.42. The molecule has 0 radical (unpaired) electrons. The number of anilines is 3. The summed E-state index contributed by atoms with van der Waals surface area (Å²) >= 11 is 6.19. The zero-order valence-corrected chi connectivity index (χ0v) is 14.7. The first-order valence-electron chi connectivity index (χ1n) is 8.15. The molecule has 1 fully saturated rings. The van der Waals surface area contributed by atoms with Crippen LogP contribution in [0.4, 0.5) is 17.5 Å². The van der Waals surface area contributed by atoms with E-state index in [1.54, 1.807) is 0 Å². The highest BCUT2D eigenvalue weighted by molar-refractivity contribution is 6.31. The first-order valence-corrected chi connectivity index (χ1v) is 8.53. The number of hydrogen-bond acceptors (Lipinski definition) is 4. The Morgan fingerprint density at radius 1 is 1.22 bits per heavy atom. The van der Waals surface area contributed by atoms with Crippen LogP contribution < -0.4 is 10.2 Å². The van der Waals surface area contributed by atoms with E-state index in [-0.39, 0.29) is 0 Å². The van der Waals surface area contributed by atoms with Gasteiger partial charge in [0.05, 0.1) is 0 Å². The minimum atomic E-state index is 0.623. The first-order chi connectivity index (χ1) is 11.0. The summed E-state index contributed by atoms with van der Waals surface area (Å²) in [5.74, 6) is 2.34. The number of hydrogen-bond donors (Lipinski definition) is 1. The normalized spacial score (nSPS) is 18.1. The van der Waals surface area contributed by atoms with Crippen LogP contribution in [0.2, 0.25) is 5.02 Å². The molecule has 1 atom stereocenters. The Balaban J connectivity index is 1.83. The molecular formula is C18H23ClN4. The van der Waals surface area contributed by atoms with Crippen molar-refractivity contribution in [1.29, 1.82) is 0 Å². The van der Waals surface area contributed by atoms with Gasteiger partial charge < -0.3 is 10.2 Å². The van der Waals surface area contributed by atoms with Gasteiger partial charge in [0, 0.05) is 35.6 Å². The lowest BCUT2D eigenvalue weighted by atomic mass is 10.0. The van der Waals surface area contributed by atoms with Crippen LogP contribution in [0.25, 0.3) is 0 Å². The Labute approximate surface area is 142 Å². The van der Waals surface area contributed by atoms with Crippen LogP contribution in [-0.4, -0.2) is 23.1 Å². The predicted molar refractivity (Wildman–Crippen MR) is 96.9 cm³/mol. The van der Waals surface area contributed by atoms with Crippen LogP contribution in [0, 0.1) is 19.8 Å². The zero-order valence-electron chi connectivity index (χ0n) is 13.9. The molecule has 5 heteroatoms. The van der Waals surface area contributed by atoms with Crippen molar-refractivity contribution in [3.63, 3.8) is 0 Å². The van der Waals surface area contributed by atoms with Crippen molar-refractivity contribution in [2.75, 3.05) is 23.3 Å². The number of nitrogens with zero attached hydrogens (tertiary/aromatic N) is 3. The average Bonchev–Trinajstić information content (AvgIpc) is 2.50. The van der Waals surface area contributed by atoms with Gasteiger partial charge in [0.25, 0.3) is 0 Å². The second-order valence-corrected chi connectivity index (χ2v) is 6.88. The fourth-order valence-electron chi connectivity index (χ4n) is 2.97. The summed E-state index contributed by atoms with van der Waals surface area (Å²) in [4.78, 5) is 11.6. The molecule has 1 saturated heterocycles. The molecule has 1 unspecified atom stereocenters. The van der Waals surface area contributed by atoms with Crippen LogP contribution in [0.3, 0.4) is 0 Å². The Kier molecular flexibility index (Phi) is 4.71. The number of piperidine rings is 1. The molecule has 1 aromatic carbocycles. The van der Waals surface area contributed by atoms with Crippen molar-refractivity contribution in [2.24, 2.45) is 5.92 Å².